The van der Waals surface area contributed by atoms with E-state index in [1.54, 1.807) is 0 Å². The number of hydrogen-bond donors (Lipinski definition) is 1. The Morgan fingerprint density at radius 1 is 1.05 bits per heavy atom. The summed E-state index contributed by atoms with van der Waals surface area (Å²) in [4.78, 5) is 2.26. The molecule has 3 nitrogen and oxygen atoms in total. The summed E-state index contributed by atoms with van der Waals surface area (Å²) in [5.41, 5.74) is 3.91. The lowest BCUT2D eigenvalue weighted by Crippen LogP contribution is -2.22. The molecule has 0 aliphatic heterocycles. The van der Waals surface area contributed by atoms with Gasteiger partial charge >= 0.3 is 0 Å². The van der Waals surface area contributed by atoms with E-state index in [9.17, 15) is 0 Å². The molecule has 2 aromatic rings. The summed E-state index contributed by atoms with van der Waals surface area (Å²) in [6, 6.07) is 17.8. The number of aliphatic hydroxyl groups is 1. The van der Waals surface area contributed by atoms with Gasteiger partial charge in [-0.1, -0.05) is 42.5 Å². The van der Waals surface area contributed by atoms with E-state index in [1.165, 1.54) is 5.56 Å². The van der Waals surface area contributed by atoms with Gasteiger partial charge in [-0.05, 0) is 28.8 Å². The van der Waals surface area contributed by atoms with Gasteiger partial charge < -0.3 is 5.11 Å². The highest BCUT2D eigenvalue weighted by atomic mass is 16.3. The van der Waals surface area contributed by atoms with Crippen LogP contribution in [0.5, 0.6) is 0 Å². The summed E-state index contributed by atoms with van der Waals surface area (Å²) in [7, 11) is 0. The molecule has 3 heteroatoms. The predicted octanol–water partition coefficient (Wildman–Crippen LogP) is 3.24. The third kappa shape index (κ3) is 4.56. The van der Waals surface area contributed by atoms with Crippen LogP contribution in [0.25, 0.3) is 0 Å². The fraction of sp³-hybridized carbons (Fsp3) is 0.211. The molecule has 112 valence electrons. The third-order valence-corrected chi connectivity index (χ3v) is 3.46. The van der Waals surface area contributed by atoms with Crippen LogP contribution in [-0.2, 0) is 19.7 Å². The van der Waals surface area contributed by atoms with Gasteiger partial charge in [-0.25, -0.2) is 0 Å². The smallest absolute Gasteiger partial charge is 0.0991 e. The van der Waals surface area contributed by atoms with Crippen LogP contribution in [-0.4, -0.2) is 16.6 Å². The molecule has 0 saturated heterocycles. The molecule has 0 aliphatic carbocycles. The average molecular weight is 292 g/mol. The molecule has 0 amide bonds. The van der Waals surface area contributed by atoms with Gasteiger partial charge in [0.25, 0.3) is 0 Å². The fourth-order valence-corrected chi connectivity index (χ4v) is 2.37. The second kappa shape index (κ2) is 8.14. The first-order valence-corrected chi connectivity index (χ1v) is 7.26. The van der Waals surface area contributed by atoms with Gasteiger partial charge in [0.2, 0.25) is 0 Å². The zero-order chi connectivity index (χ0) is 15.8. The zero-order valence-electron chi connectivity index (χ0n) is 12.6. The zero-order valence-corrected chi connectivity index (χ0v) is 12.6. The van der Waals surface area contributed by atoms with Gasteiger partial charge in [-0.2, -0.15) is 5.26 Å². The molecule has 1 N–H and O–H groups in total. The normalized spacial score (nSPS) is 10.4. The number of benzene rings is 2. The largest absolute Gasteiger partial charge is 0.392 e. The highest BCUT2D eigenvalue weighted by Gasteiger charge is 2.06. The maximum atomic E-state index is 9.09. The van der Waals surface area contributed by atoms with Crippen LogP contribution in [0.3, 0.4) is 0 Å². The van der Waals surface area contributed by atoms with Crippen LogP contribution in [0.2, 0.25) is 0 Å². The summed E-state index contributed by atoms with van der Waals surface area (Å²) >= 11 is 0. The molecule has 0 aliphatic rings. The van der Waals surface area contributed by atoms with Crippen molar-refractivity contribution in [1.82, 2.24) is 4.90 Å². The predicted molar refractivity (Wildman–Crippen MR) is 87.8 cm³/mol. The minimum atomic E-state index is 0.0671. The molecule has 0 atom stereocenters. The lowest BCUT2D eigenvalue weighted by molar-refractivity contribution is 0.280. The Morgan fingerprint density at radius 2 is 1.73 bits per heavy atom. The highest BCUT2D eigenvalue weighted by Crippen LogP contribution is 2.12. The molecule has 2 aromatic carbocycles. The fourth-order valence-electron chi connectivity index (χ4n) is 2.37. The molecule has 0 fully saturated rings. The van der Waals surface area contributed by atoms with Gasteiger partial charge in [-0.15, -0.1) is 6.58 Å². The van der Waals surface area contributed by atoms with Crippen LogP contribution >= 0.6 is 0 Å². The van der Waals surface area contributed by atoms with Crippen molar-refractivity contribution in [2.24, 2.45) is 0 Å². The van der Waals surface area contributed by atoms with E-state index in [0.29, 0.717) is 5.56 Å². The lowest BCUT2D eigenvalue weighted by Gasteiger charge is -2.21. The van der Waals surface area contributed by atoms with Gasteiger partial charge in [0, 0.05) is 19.6 Å². The minimum Gasteiger partial charge on any atom is -0.392 e. The third-order valence-electron chi connectivity index (χ3n) is 3.46. The van der Waals surface area contributed by atoms with Crippen LogP contribution < -0.4 is 0 Å². The molecule has 0 unspecified atom stereocenters. The van der Waals surface area contributed by atoms with Crippen molar-refractivity contribution in [3.05, 3.63) is 83.4 Å². The number of nitrogens with zero attached hydrogens (tertiary/aromatic N) is 2. The first kappa shape index (κ1) is 16.0. The molecule has 0 bridgehead atoms. The maximum absolute atomic E-state index is 9.09. The summed E-state index contributed by atoms with van der Waals surface area (Å²) < 4.78 is 0. The van der Waals surface area contributed by atoms with Crippen LogP contribution in [0.4, 0.5) is 0 Å². The van der Waals surface area contributed by atoms with E-state index in [0.717, 1.165) is 30.8 Å². The summed E-state index contributed by atoms with van der Waals surface area (Å²) in [5, 5.41) is 18.1. The molecular weight excluding hydrogens is 272 g/mol. The van der Waals surface area contributed by atoms with Crippen molar-refractivity contribution < 1.29 is 5.11 Å². The quantitative estimate of drug-likeness (QED) is 0.797. The summed E-state index contributed by atoms with van der Waals surface area (Å²) in [6.45, 7) is 6.23. The second-order valence-corrected chi connectivity index (χ2v) is 5.25. The Morgan fingerprint density at radius 3 is 2.36 bits per heavy atom. The molecule has 2 rings (SSSR count). The van der Waals surface area contributed by atoms with Crippen molar-refractivity contribution in [3.63, 3.8) is 0 Å². The molecule has 0 spiro atoms. The monoisotopic (exact) mass is 292 g/mol. The minimum absolute atomic E-state index is 0.0671. The van der Waals surface area contributed by atoms with E-state index in [4.69, 9.17) is 10.4 Å². The van der Waals surface area contributed by atoms with E-state index in [1.807, 2.05) is 54.6 Å². The number of nitriles is 1. The Labute approximate surface area is 131 Å². The second-order valence-electron chi connectivity index (χ2n) is 5.25. The number of aliphatic hydroxyl groups excluding tert-OH is 1. The van der Waals surface area contributed by atoms with Crippen LogP contribution in [0.15, 0.2) is 61.2 Å². The highest BCUT2D eigenvalue weighted by molar-refractivity contribution is 5.32. The Bertz CT molecular complexity index is 656. The van der Waals surface area contributed by atoms with Crippen molar-refractivity contribution in [2.75, 3.05) is 6.54 Å². The summed E-state index contributed by atoms with van der Waals surface area (Å²) in [6.07, 6.45) is 1.89. The van der Waals surface area contributed by atoms with Gasteiger partial charge in [0.05, 0.1) is 18.2 Å². The summed E-state index contributed by atoms with van der Waals surface area (Å²) in [5.74, 6) is 0. The van der Waals surface area contributed by atoms with Crippen LogP contribution in [0.1, 0.15) is 22.3 Å². The Hall–Kier alpha value is -2.41. The average Bonchev–Trinajstić information content (AvgIpc) is 2.56. The first-order valence-electron chi connectivity index (χ1n) is 7.26. The molecule has 0 radical (unpaired) electrons. The molecular formula is C19H20N2O. The van der Waals surface area contributed by atoms with E-state index < -0.39 is 0 Å². The first-order chi connectivity index (χ1) is 10.7. The molecule has 22 heavy (non-hydrogen) atoms. The Kier molecular flexibility index (Phi) is 5.91. The van der Waals surface area contributed by atoms with Crippen molar-refractivity contribution >= 4 is 0 Å². The lowest BCUT2D eigenvalue weighted by atomic mass is 10.1. The number of rotatable bonds is 7. The molecule has 0 aromatic heterocycles. The van der Waals surface area contributed by atoms with E-state index in [2.05, 4.69) is 17.5 Å². The number of hydrogen-bond acceptors (Lipinski definition) is 3. The van der Waals surface area contributed by atoms with Gasteiger partial charge in [0.1, 0.15) is 0 Å². The van der Waals surface area contributed by atoms with E-state index in [-0.39, 0.29) is 6.61 Å². The van der Waals surface area contributed by atoms with Crippen molar-refractivity contribution in [1.29, 1.82) is 5.26 Å². The SMILES string of the molecule is C=CCN(Cc1ccc(CO)cc1)Cc1cccc(C#N)c1. The van der Waals surface area contributed by atoms with E-state index >= 15 is 0 Å². The maximum Gasteiger partial charge on any atom is 0.0991 e. The van der Waals surface area contributed by atoms with Gasteiger partial charge in [-0.3, -0.25) is 4.90 Å². The van der Waals surface area contributed by atoms with Crippen LogP contribution in [0, 0.1) is 11.3 Å². The van der Waals surface area contributed by atoms with Crippen molar-refractivity contribution in [2.45, 2.75) is 19.7 Å². The Balaban J connectivity index is 2.08. The topological polar surface area (TPSA) is 47.3 Å². The molecule has 0 saturated carbocycles. The molecule has 0 heterocycles. The van der Waals surface area contributed by atoms with Crippen molar-refractivity contribution in [3.8, 4) is 6.07 Å². The van der Waals surface area contributed by atoms with Gasteiger partial charge in [0.15, 0.2) is 0 Å². The standard InChI is InChI=1S/C19H20N2O/c1-2-10-21(13-16-6-8-17(15-22)9-7-16)14-19-5-3-4-18(11-19)12-20/h2-9,11,22H,1,10,13-15H2.